The number of piperidine rings is 1. The lowest BCUT2D eigenvalue weighted by molar-refractivity contribution is 0.193. The molecule has 0 unspecified atom stereocenters. The molecule has 3 aromatic rings. The molecule has 3 heterocycles. The van der Waals surface area contributed by atoms with Crippen LogP contribution < -0.4 is 0 Å². The van der Waals surface area contributed by atoms with E-state index in [1.807, 2.05) is 30.3 Å². The van der Waals surface area contributed by atoms with Gasteiger partial charge in [0.2, 0.25) is 5.89 Å². The summed E-state index contributed by atoms with van der Waals surface area (Å²) in [5.74, 6) is 1.54. The molecule has 0 amide bonds. The summed E-state index contributed by atoms with van der Waals surface area (Å²) in [7, 11) is 0. The molecule has 0 bridgehead atoms. The van der Waals surface area contributed by atoms with Crippen LogP contribution in [0.5, 0.6) is 0 Å². The Kier molecular flexibility index (Phi) is 4.32. The van der Waals surface area contributed by atoms with Gasteiger partial charge in [-0.15, -0.1) is 10.2 Å². The zero-order valence-corrected chi connectivity index (χ0v) is 13.8. The van der Waals surface area contributed by atoms with Crippen molar-refractivity contribution in [3.05, 3.63) is 59.9 Å². The molecule has 1 aromatic carbocycles. The van der Waals surface area contributed by atoms with Crippen LogP contribution in [0.4, 0.5) is 0 Å². The Morgan fingerprint density at radius 2 is 1.92 bits per heavy atom. The van der Waals surface area contributed by atoms with Gasteiger partial charge in [-0.3, -0.25) is 4.90 Å². The van der Waals surface area contributed by atoms with Gasteiger partial charge in [-0.25, -0.2) is 0 Å². The van der Waals surface area contributed by atoms with E-state index in [1.165, 1.54) is 5.56 Å². The maximum absolute atomic E-state index is 8.86. The van der Waals surface area contributed by atoms with Crippen molar-refractivity contribution in [2.24, 2.45) is 0 Å². The van der Waals surface area contributed by atoms with Crippen LogP contribution in [0, 0.1) is 11.3 Å². The predicted octanol–water partition coefficient (Wildman–Crippen LogP) is 3.58. The second-order valence-electron chi connectivity index (χ2n) is 6.32. The maximum Gasteiger partial charge on any atom is 0.250 e. The summed E-state index contributed by atoms with van der Waals surface area (Å²) in [6.07, 6.45) is 5.21. The van der Waals surface area contributed by atoms with Crippen molar-refractivity contribution in [3.8, 4) is 17.5 Å². The Labute approximate surface area is 145 Å². The first-order chi connectivity index (χ1) is 12.3. The molecule has 1 aliphatic heterocycles. The minimum absolute atomic E-state index is 0.311. The number of benzene rings is 1. The predicted molar refractivity (Wildman–Crippen MR) is 90.4 cm³/mol. The van der Waals surface area contributed by atoms with Crippen molar-refractivity contribution in [1.82, 2.24) is 15.1 Å². The van der Waals surface area contributed by atoms with Crippen molar-refractivity contribution in [1.29, 1.82) is 5.26 Å². The van der Waals surface area contributed by atoms with Gasteiger partial charge in [0.25, 0.3) is 5.89 Å². The first-order valence-electron chi connectivity index (χ1n) is 8.39. The first-order valence-corrected chi connectivity index (χ1v) is 8.39. The van der Waals surface area contributed by atoms with E-state index in [4.69, 9.17) is 14.1 Å². The summed E-state index contributed by atoms with van der Waals surface area (Å²) in [4.78, 5) is 2.42. The van der Waals surface area contributed by atoms with Crippen molar-refractivity contribution in [2.45, 2.75) is 25.3 Å². The van der Waals surface area contributed by atoms with Crippen LogP contribution in [0.25, 0.3) is 11.5 Å². The topological polar surface area (TPSA) is 79.1 Å². The van der Waals surface area contributed by atoms with E-state index in [0.717, 1.165) is 38.0 Å². The minimum Gasteiger partial charge on any atom is -0.472 e. The second kappa shape index (κ2) is 6.91. The first kappa shape index (κ1) is 15.6. The largest absolute Gasteiger partial charge is 0.472 e. The highest BCUT2D eigenvalue weighted by Gasteiger charge is 2.25. The Balaban J connectivity index is 1.34. The third kappa shape index (κ3) is 3.47. The third-order valence-corrected chi connectivity index (χ3v) is 4.63. The number of nitriles is 1. The summed E-state index contributed by atoms with van der Waals surface area (Å²) < 4.78 is 10.9. The van der Waals surface area contributed by atoms with Crippen LogP contribution in [0.2, 0.25) is 0 Å². The summed E-state index contributed by atoms with van der Waals surface area (Å²) >= 11 is 0. The van der Waals surface area contributed by atoms with Crippen LogP contribution in [-0.4, -0.2) is 28.2 Å². The molecule has 6 heteroatoms. The normalized spacial score (nSPS) is 16.0. The van der Waals surface area contributed by atoms with Gasteiger partial charge in [-0.05, 0) is 49.7 Å². The fourth-order valence-corrected chi connectivity index (χ4v) is 3.18. The van der Waals surface area contributed by atoms with E-state index < -0.39 is 0 Å². The minimum atomic E-state index is 0.311. The summed E-state index contributed by atoms with van der Waals surface area (Å²) in [6.45, 7) is 2.89. The Morgan fingerprint density at radius 3 is 2.60 bits per heavy atom. The summed E-state index contributed by atoms with van der Waals surface area (Å²) in [5.41, 5.74) is 2.75. The van der Waals surface area contributed by atoms with Crippen LogP contribution in [0.1, 0.15) is 35.8 Å². The van der Waals surface area contributed by atoms with Gasteiger partial charge >= 0.3 is 0 Å². The zero-order chi connectivity index (χ0) is 17.1. The Morgan fingerprint density at radius 1 is 1.12 bits per heavy atom. The molecule has 1 saturated heterocycles. The number of aromatic nitrogens is 2. The fourth-order valence-electron chi connectivity index (χ4n) is 3.18. The molecule has 25 heavy (non-hydrogen) atoms. The Bertz CT molecular complexity index is 854. The molecule has 0 N–H and O–H groups in total. The molecular weight excluding hydrogens is 316 g/mol. The lowest BCUT2D eigenvalue weighted by Crippen LogP contribution is -2.32. The van der Waals surface area contributed by atoms with E-state index in [-0.39, 0.29) is 0 Å². The lowest BCUT2D eigenvalue weighted by Gasteiger charge is -2.30. The van der Waals surface area contributed by atoms with Crippen LogP contribution >= 0.6 is 0 Å². The fraction of sp³-hybridized carbons (Fsp3) is 0.316. The maximum atomic E-state index is 8.86. The quantitative estimate of drug-likeness (QED) is 0.725. The standard InChI is InChI=1S/C19H18N4O2/c20-11-14-1-3-15(4-2-14)12-23-8-5-16(6-9-23)18-21-22-19(25-18)17-7-10-24-13-17/h1-4,7,10,13,16H,5-6,8-9,12H2. The molecule has 6 nitrogen and oxygen atoms in total. The van der Waals surface area contributed by atoms with Crippen LogP contribution in [0.3, 0.4) is 0 Å². The molecule has 0 spiro atoms. The highest BCUT2D eigenvalue weighted by Crippen LogP contribution is 2.30. The van der Waals surface area contributed by atoms with Crippen LogP contribution in [0.15, 0.2) is 51.7 Å². The van der Waals surface area contributed by atoms with E-state index in [1.54, 1.807) is 12.5 Å². The zero-order valence-electron chi connectivity index (χ0n) is 13.8. The van der Waals surface area contributed by atoms with Gasteiger partial charge in [0.05, 0.1) is 23.5 Å². The number of nitrogens with zero attached hydrogens (tertiary/aromatic N) is 4. The molecule has 1 aliphatic rings. The van der Waals surface area contributed by atoms with Crippen molar-refractivity contribution >= 4 is 0 Å². The molecular formula is C19H18N4O2. The Hall–Kier alpha value is -2.91. The molecule has 2 aromatic heterocycles. The highest BCUT2D eigenvalue weighted by molar-refractivity contribution is 5.49. The van der Waals surface area contributed by atoms with E-state index in [9.17, 15) is 0 Å². The number of furan rings is 1. The van der Waals surface area contributed by atoms with Crippen molar-refractivity contribution in [3.63, 3.8) is 0 Å². The summed E-state index contributed by atoms with van der Waals surface area (Å²) in [6, 6.07) is 11.8. The third-order valence-electron chi connectivity index (χ3n) is 4.63. The van der Waals surface area contributed by atoms with E-state index >= 15 is 0 Å². The van der Waals surface area contributed by atoms with E-state index in [2.05, 4.69) is 21.2 Å². The van der Waals surface area contributed by atoms with Gasteiger partial charge in [-0.1, -0.05) is 12.1 Å². The van der Waals surface area contributed by atoms with Gasteiger partial charge in [0, 0.05) is 12.5 Å². The molecule has 0 atom stereocenters. The number of likely N-dealkylation sites (tertiary alicyclic amines) is 1. The van der Waals surface area contributed by atoms with Gasteiger partial charge in [0.1, 0.15) is 6.26 Å². The highest BCUT2D eigenvalue weighted by atomic mass is 16.4. The molecule has 0 radical (unpaired) electrons. The average molecular weight is 334 g/mol. The summed E-state index contributed by atoms with van der Waals surface area (Å²) in [5, 5.41) is 17.2. The molecule has 1 fully saturated rings. The SMILES string of the molecule is N#Cc1ccc(CN2CCC(c3nnc(-c4ccoc4)o3)CC2)cc1. The lowest BCUT2D eigenvalue weighted by atomic mass is 9.96. The number of hydrogen-bond donors (Lipinski definition) is 0. The van der Waals surface area contributed by atoms with Gasteiger partial charge < -0.3 is 8.83 Å². The van der Waals surface area contributed by atoms with Crippen LogP contribution in [-0.2, 0) is 6.54 Å². The van der Waals surface area contributed by atoms with Gasteiger partial charge in [0.15, 0.2) is 0 Å². The van der Waals surface area contributed by atoms with Crippen molar-refractivity contribution in [2.75, 3.05) is 13.1 Å². The molecule has 4 rings (SSSR count). The molecule has 126 valence electrons. The van der Waals surface area contributed by atoms with Crippen molar-refractivity contribution < 1.29 is 8.83 Å². The molecule has 0 aliphatic carbocycles. The monoisotopic (exact) mass is 334 g/mol. The van der Waals surface area contributed by atoms with Gasteiger partial charge in [-0.2, -0.15) is 5.26 Å². The smallest absolute Gasteiger partial charge is 0.250 e. The average Bonchev–Trinajstić information content (AvgIpc) is 3.35. The second-order valence-corrected chi connectivity index (χ2v) is 6.32. The number of hydrogen-bond acceptors (Lipinski definition) is 6. The van der Waals surface area contributed by atoms with E-state index in [0.29, 0.717) is 23.3 Å². The number of rotatable bonds is 4. The molecule has 0 saturated carbocycles.